The molecule has 98 valence electrons. The lowest BCUT2D eigenvalue weighted by atomic mass is 10.2. The summed E-state index contributed by atoms with van der Waals surface area (Å²) in [6, 6.07) is 6.86. The maximum absolute atomic E-state index is 9.91. The van der Waals surface area contributed by atoms with Gasteiger partial charge < -0.3 is 14.8 Å². The molecule has 0 unspecified atom stereocenters. The Bertz CT molecular complexity index is 769. The molecule has 5 nitrogen and oxygen atoms in total. The van der Waals surface area contributed by atoms with E-state index >= 15 is 0 Å². The quantitative estimate of drug-likeness (QED) is 0.713. The van der Waals surface area contributed by atoms with Gasteiger partial charge in [-0.25, -0.2) is 4.98 Å². The van der Waals surface area contributed by atoms with Crippen molar-refractivity contribution in [2.45, 2.75) is 0 Å². The van der Waals surface area contributed by atoms with Gasteiger partial charge in [0.05, 0.1) is 17.2 Å². The van der Waals surface area contributed by atoms with Crippen molar-refractivity contribution in [3.8, 4) is 35.2 Å². The number of H-pyrrole nitrogens is 1. The van der Waals surface area contributed by atoms with E-state index in [0.717, 1.165) is 16.6 Å². The maximum Gasteiger partial charge on any atom is 0.162 e. The Kier molecular flexibility index (Phi) is 2.98. The van der Waals surface area contributed by atoms with Crippen molar-refractivity contribution in [3.05, 3.63) is 36.7 Å². The van der Waals surface area contributed by atoms with Gasteiger partial charge in [0.15, 0.2) is 11.5 Å². The van der Waals surface area contributed by atoms with E-state index < -0.39 is 0 Å². The number of aromatic amines is 1. The molecule has 0 radical (unpaired) electrons. The highest BCUT2D eigenvalue weighted by Crippen LogP contribution is 2.31. The predicted octanol–water partition coefficient (Wildman–Crippen LogP) is 2.34. The number of aromatic nitrogens is 3. The number of imidazole rings is 1. The number of aromatic hydroxyl groups is 1. The zero-order valence-corrected chi connectivity index (χ0v) is 10.5. The predicted molar refractivity (Wildman–Crippen MR) is 75.3 cm³/mol. The summed E-state index contributed by atoms with van der Waals surface area (Å²) in [6.45, 7) is 0.114. The second-order valence-electron chi connectivity index (χ2n) is 4.15. The van der Waals surface area contributed by atoms with E-state index in [4.69, 9.17) is 11.2 Å². The summed E-state index contributed by atoms with van der Waals surface area (Å²) in [5.74, 6) is 3.38. The van der Waals surface area contributed by atoms with Gasteiger partial charge in [-0.15, -0.1) is 6.42 Å². The number of terminal acetylenes is 1. The summed E-state index contributed by atoms with van der Waals surface area (Å²) in [5.41, 5.74) is 2.42. The van der Waals surface area contributed by atoms with Crippen molar-refractivity contribution in [3.63, 3.8) is 0 Å². The molecule has 0 saturated heterocycles. The van der Waals surface area contributed by atoms with Crippen LogP contribution in [0, 0.1) is 12.3 Å². The number of phenols is 1. The number of hydrogen-bond donors (Lipinski definition) is 2. The second-order valence-corrected chi connectivity index (χ2v) is 4.15. The molecule has 2 N–H and O–H groups in total. The van der Waals surface area contributed by atoms with Gasteiger partial charge in [-0.05, 0) is 24.3 Å². The monoisotopic (exact) mass is 265 g/mol. The maximum atomic E-state index is 9.91. The van der Waals surface area contributed by atoms with Gasteiger partial charge in [0, 0.05) is 11.8 Å². The third-order valence-corrected chi connectivity index (χ3v) is 2.83. The first kappa shape index (κ1) is 12.1. The van der Waals surface area contributed by atoms with Crippen LogP contribution in [0.25, 0.3) is 22.4 Å². The molecule has 0 aliphatic rings. The largest absolute Gasteiger partial charge is 0.504 e. The van der Waals surface area contributed by atoms with Crippen LogP contribution < -0.4 is 4.74 Å². The Labute approximate surface area is 115 Å². The molecule has 0 bridgehead atoms. The number of pyridine rings is 1. The number of fused-ring (bicyclic) bond motifs is 1. The molecule has 20 heavy (non-hydrogen) atoms. The smallest absolute Gasteiger partial charge is 0.162 e. The van der Waals surface area contributed by atoms with Crippen LogP contribution in [-0.2, 0) is 0 Å². The second kappa shape index (κ2) is 4.94. The van der Waals surface area contributed by atoms with E-state index in [1.807, 2.05) is 6.07 Å². The van der Waals surface area contributed by atoms with Crippen molar-refractivity contribution in [2.75, 3.05) is 6.61 Å². The minimum Gasteiger partial charge on any atom is -0.504 e. The highest BCUT2D eigenvalue weighted by Gasteiger charge is 2.09. The van der Waals surface area contributed by atoms with Crippen molar-refractivity contribution in [2.24, 2.45) is 0 Å². The van der Waals surface area contributed by atoms with Crippen LogP contribution in [0.4, 0.5) is 0 Å². The van der Waals surface area contributed by atoms with Gasteiger partial charge in [0.1, 0.15) is 12.4 Å². The number of nitrogens with zero attached hydrogens (tertiary/aromatic N) is 2. The molecule has 0 aliphatic carbocycles. The average Bonchev–Trinajstić information content (AvgIpc) is 2.90. The summed E-state index contributed by atoms with van der Waals surface area (Å²) < 4.78 is 5.21. The molecule has 0 saturated carbocycles. The fourth-order valence-electron chi connectivity index (χ4n) is 1.90. The number of hydrogen-bond acceptors (Lipinski definition) is 4. The average molecular weight is 265 g/mol. The van der Waals surface area contributed by atoms with Crippen LogP contribution in [0.1, 0.15) is 0 Å². The third kappa shape index (κ3) is 2.15. The van der Waals surface area contributed by atoms with Gasteiger partial charge >= 0.3 is 0 Å². The minimum absolute atomic E-state index is 0.0244. The number of phenolic OH excluding ortho intramolecular Hbond substituents is 1. The molecule has 0 fully saturated rings. The van der Waals surface area contributed by atoms with Crippen LogP contribution in [0.15, 0.2) is 36.7 Å². The first-order chi connectivity index (χ1) is 9.78. The minimum atomic E-state index is 0.0244. The summed E-state index contributed by atoms with van der Waals surface area (Å²) in [6.07, 6.45) is 8.50. The van der Waals surface area contributed by atoms with Crippen LogP contribution in [-0.4, -0.2) is 26.7 Å². The van der Waals surface area contributed by atoms with Crippen molar-refractivity contribution in [1.82, 2.24) is 15.0 Å². The Morgan fingerprint density at radius 3 is 3.00 bits per heavy atom. The lowest BCUT2D eigenvalue weighted by Gasteiger charge is -2.06. The first-order valence-electron chi connectivity index (χ1n) is 5.97. The topological polar surface area (TPSA) is 71.0 Å². The van der Waals surface area contributed by atoms with Crippen LogP contribution in [0.5, 0.6) is 11.5 Å². The molecule has 0 aliphatic heterocycles. The summed E-state index contributed by atoms with van der Waals surface area (Å²) in [4.78, 5) is 11.6. The number of benzene rings is 1. The zero-order chi connectivity index (χ0) is 13.9. The molecule has 3 aromatic rings. The number of nitrogens with one attached hydrogen (secondary N) is 1. The lowest BCUT2D eigenvalue weighted by molar-refractivity contribution is 0.342. The van der Waals surface area contributed by atoms with Gasteiger partial charge in [-0.2, -0.15) is 0 Å². The van der Waals surface area contributed by atoms with E-state index in [2.05, 4.69) is 20.9 Å². The van der Waals surface area contributed by atoms with E-state index in [1.54, 1.807) is 30.6 Å². The highest BCUT2D eigenvalue weighted by atomic mass is 16.5. The Morgan fingerprint density at radius 2 is 2.25 bits per heavy atom. The van der Waals surface area contributed by atoms with Gasteiger partial charge in [0.25, 0.3) is 0 Å². The molecule has 0 atom stereocenters. The fourth-order valence-corrected chi connectivity index (χ4v) is 1.90. The van der Waals surface area contributed by atoms with Gasteiger partial charge in [0.2, 0.25) is 0 Å². The molecule has 2 heterocycles. The van der Waals surface area contributed by atoms with Crippen LogP contribution >= 0.6 is 0 Å². The van der Waals surface area contributed by atoms with Crippen molar-refractivity contribution >= 4 is 11.0 Å². The number of rotatable bonds is 3. The van der Waals surface area contributed by atoms with E-state index in [1.165, 1.54) is 0 Å². The Morgan fingerprint density at radius 1 is 1.35 bits per heavy atom. The molecule has 1 aromatic carbocycles. The molecule has 0 amide bonds. The van der Waals surface area contributed by atoms with Gasteiger partial charge in [-0.3, -0.25) is 4.98 Å². The van der Waals surface area contributed by atoms with Crippen LogP contribution in [0.2, 0.25) is 0 Å². The van der Waals surface area contributed by atoms with E-state index in [9.17, 15) is 5.11 Å². The fraction of sp³-hybridized carbons (Fsp3) is 0.0667. The number of ether oxygens (including phenoxy) is 1. The summed E-state index contributed by atoms with van der Waals surface area (Å²) >= 11 is 0. The molecular weight excluding hydrogens is 254 g/mol. The third-order valence-electron chi connectivity index (χ3n) is 2.83. The van der Waals surface area contributed by atoms with Crippen molar-refractivity contribution in [1.29, 1.82) is 0 Å². The van der Waals surface area contributed by atoms with E-state index in [-0.39, 0.29) is 12.4 Å². The highest BCUT2D eigenvalue weighted by molar-refractivity contribution is 5.78. The summed E-state index contributed by atoms with van der Waals surface area (Å²) in [5, 5.41) is 9.91. The van der Waals surface area contributed by atoms with Gasteiger partial charge in [-0.1, -0.05) is 5.92 Å². The normalized spacial score (nSPS) is 10.3. The van der Waals surface area contributed by atoms with Crippen molar-refractivity contribution < 1.29 is 9.84 Å². The van der Waals surface area contributed by atoms with E-state index in [0.29, 0.717) is 11.6 Å². The first-order valence-corrected chi connectivity index (χ1v) is 5.97. The van der Waals surface area contributed by atoms with Crippen LogP contribution in [0.3, 0.4) is 0 Å². The summed E-state index contributed by atoms with van der Waals surface area (Å²) in [7, 11) is 0. The molecule has 3 rings (SSSR count). The molecule has 2 aromatic heterocycles. The Balaban J connectivity index is 1.98. The standard InChI is InChI=1S/C15H11N3O2/c1-2-7-20-14-4-3-10(8-13(14)19)15-17-11-5-6-16-9-12(11)18-15/h1,3-6,8-9,19H,7H2,(H,17,18). The molecule has 0 spiro atoms. The Hall–Kier alpha value is -3.00. The zero-order valence-electron chi connectivity index (χ0n) is 10.5. The SMILES string of the molecule is C#CCOc1ccc(-c2nc3ccncc3[nH]2)cc1O. The molecule has 5 heteroatoms. The lowest BCUT2D eigenvalue weighted by Crippen LogP contribution is -1.93. The molecular formula is C15H11N3O2.